The van der Waals surface area contributed by atoms with E-state index < -0.39 is 0 Å². The van der Waals surface area contributed by atoms with Gasteiger partial charge in [-0.3, -0.25) is 4.40 Å². The van der Waals surface area contributed by atoms with Gasteiger partial charge in [0.1, 0.15) is 21.8 Å². The Bertz CT molecular complexity index is 838. The van der Waals surface area contributed by atoms with Crippen LogP contribution in [0.2, 0.25) is 5.02 Å². The summed E-state index contributed by atoms with van der Waals surface area (Å²) in [6.45, 7) is 0. The number of nitrogens with zero attached hydrogens (tertiary/aromatic N) is 3. The maximum absolute atomic E-state index is 9.03. The molecule has 3 rings (SSSR count). The Hall–Kier alpha value is -1.48. The maximum Gasteiger partial charge on any atom is 0.140 e. The number of benzene rings is 1. The second-order valence-corrected chi connectivity index (χ2v) is 6.17. The van der Waals surface area contributed by atoms with Crippen LogP contribution in [0.3, 0.4) is 0 Å². The van der Waals surface area contributed by atoms with Gasteiger partial charge < -0.3 is 0 Å². The zero-order valence-corrected chi connectivity index (χ0v) is 13.2. The number of fused-ring (bicyclic) bond motifs is 1. The van der Waals surface area contributed by atoms with Gasteiger partial charge in [0.15, 0.2) is 0 Å². The number of rotatable bonds is 2. The molecular formula is C14H7BrClN3S. The fourth-order valence-corrected chi connectivity index (χ4v) is 3.08. The van der Waals surface area contributed by atoms with Gasteiger partial charge in [0.25, 0.3) is 0 Å². The van der Waals surface area contributed by atoms with Crippen molar-refractivity contribution >= 4 is 44.9 Å². The lowest BCUT2D eigenvalue weighted by Gasteiger charge is -2.01. The molecule has 0 fully saturated rings. The predicted octanol–water partition coefficient (Wildman–Crippen LogP) is 4.99. The van der Waals surface area contributed by atoms with E-state index in [9.17, 15) is 0 Å². The summed E-state index contributed by atoms with van der Waals surface area (Å²) >= 11 is 10.6. The molecular weight excluding hydrogens is 358 g/mol. The highest BCUT2D eigenvalue weighted by Crippen LogP contribution is 2.33. The lowest BCUT2D eigenvalue weighted by Crippen LogP contribution is -1.86. The molecule has 0 saturated carbocycles. The first-order valence-corrected chi connectivity index (χ1v) is 7.67. The molecule has 0 aliphatic carbocycles. The van der Waals surface area contributed by atoms with Crippen molar-refractivity contribution in [1.29, 1.82) is 5.26 Å². The number of hydrogen-bond acceptors (Lipinski definition) is 3. The largest absolute Gasteiger partial charge is 0.292 e. The van der Waals surface area contributed by atoms with E-state index in [0.717, 1.165) is 38.2 Å². The molecule has 0 radical (unpaired) electrons. The van der Waals surface area contributed by atoms with E-state index in [1.54, 1.807) is 0 Å². The fourth-order valence-electron chi connectivity index (χ4n) is 1.96. The molecule has 0 aliphatic heterocycles. The molecule has 0 unspecified atom stereocenters. The number of aromatic nitrogens is 2. The summed E-state index contributed by atoms with van der Waals surface area (Å²) in [4.78, 5) is 4.60. The van der Waals surface area contributed by atoms with E-state index in [0.29, 0.717) is 5.02 Å². The van der Waals surface area contributed by atoms with Crippen LogP contribution < -0.4 is 0 Å². The van der Waals surface area contributed by atoms with Crippen molar-refractivity contribution in [1.82, 2.24) is 9.38 Å². The Balaban J connectivity index is 2.30. The van der Waals surface area contributed by atoms with Crippen LogP contribution in [0.4, 0.5) is 0 Å². The first-order chi connectivity index (χ1) is 9.69. The van der Waals surface area contributed by atoms with Crippen molar-refractivity contribution in [3.05, 3.63) is 52.1 Å². The first kappa shape index (κ1) is 13.5. The van der Waals surface area contributed by atoms with Gasteiger partial charge in [-0.05, 0) is 40.2 Å². The molecule has 1 aromatic carbocycles. The minimum atomic E-state index is 0.647. The molecule has 0 amide bonds. The zero-order chi connectivity index (χ0) is 14.1. The highest BCUT2D eigenvalue weighted by molar-refractivity contribution is 9.10. The molecule has 20 heavy (non-hydrogen) atoms. The normalized spacial score (nSPS) is 10.7. The highest BCUT2D eigenvalue weighted by Gasteiger charge is 2.15. The molecule has 0 bridgehead atoms. The molecule has 0 N–H and O–H groups in total. The van der Waals surface area contributed by atoms with E-state index in [2.05, 4.69) is 26.3 Å². The molecule has 2 aromatic heterocycles. The summed E-state index contributed by atoms with van der Waals surface area (Å²) in [6, 6.07) is 11.3. The Morgan fingerprint density at radius 2 is 2.15 bits per heavy atom. The minimum Gasteiger partial charge on any atom is -0.292 e. The summed E-state index contributed by atoms with van der Waals surface area (Å²) in [6.07, 6.45) is 1.90. The average molecular weight is 365 g/mol. The van der Waals surface area contributed by atoms with Gasteiger partial charge in [-0.1, -0.05) is 23.7 Å². The minimum absolute atomic E-state index is 0.647. The molecule has 6 heteroatoms. The lowest BCUT2D eigenvalue weighted by molar-refractivity contribution is 1.05. The van der Waals surface area contributed by atoms with Crippen molar-refractivity contribution in [3.63, 3.8) is 0 Å². The third-order valence-corrected chi connectivity index (χ3v) is 4.16. The zero-order valence-electron chi connectivity index (χ0n) is 10.0. The van der Waals surface area contributed by atoms with Crippen LogP contribution in [0.15, 0.2) is 52.1 Å². The Morgan fingerprint density at radius 3 is 2.90 bits per heavy atom. The molecule has 0 spiro atoms. The van der Waals surface area contributed by atoms with Crippen LogP contribution in [0, 0.1) is 10.7 Å². The number of thiocyanates is 1. The van der Waals surface area contributed by atoms with E-state index in [-0.39, 0.29) is 0 Å². The number of hydrogen-bond donors (Lipinski definition) is 0. The Kier molecular flexibility index (Phi) is 3.70. The Morgan fingerprint density at radius 1 is 1.30 bits per heavy atom. The van der Waals surface area contributed by atoms with Crippen LogP contribution in [-0.4, -0.2) is 9.38 Å². The lowest BCUT2D eigenvalue weighted by atomic mass is 10.2. The molecule has 0 aliphatic rings. The first-order valence-electron chi connectivity index (χ1n) is 5.68. The summed E-state index contributed by atoms with van der Waals surface area (Å²) in [5, 5.41) is 12.6. The van der Waals surface area contributed by atoms with Crippen molar-refractivity contribution in [3.8, 4) is 16.7 Å². The van der Waals surface area contributed by atoms with E-state index in [1.165, 1.54) is 0 Å². The van der Waals surface area contributed by atoms with Gasteiger partial charge in [-0.2, -0.15) is 5.26 Å². The van der Waals surface area contributed by atoms with Gasteiger partial charge in [0.2, 0.25) is 0 Å². The number of thioether (sulfide) groups is 1. The third kappa shape index (κ3) is 2.42. The average Bonchev–Trinajstić information content (AvgIpc) is 2.78. The van der Waals surface area contributed by atoms with Crippen molar-refractivity contribution in [2.45, 2.75) is 5.03 Å². The monoisotopic (exact) mass is 363 g/mol. The topological polar surface area (TPSA) is 41.1 Å². The van der Waals surface area contributed by atoms with E-state index in [4.69, 9.17) is 16.9 Å². The summed E-state index contributed by atoms with van der Waals surface area (Å²) in [7, 11) is 0. The highest BCUT2D eigenvalue weighted by atomic mass is 79.9. The Labute approximate surface area is 133 Å². The van der Waals surface area contributed by atoms with Crippen molar-refractivity contribution < 1.29 is 0 Å². The predicted molar refractivity (Wildman–Crippen MR) is 84.8 cm³/mol. The molecule has 0 saturated heterocycles. The van der Waals surface area contributed by atoms with Crippen LogP contribution in [0.25, 0.3) is 16.9 Å². The van der Waals surface area contributed by atoms with Gasteiger partial charge in [0, 0.05) is 33.0 Å². The summed E-state index contributed by atoms with van der Waals surface area (Å²) in [5.74, 6) is 0. The smallest absolute Gasteiger partial charge is 0.140 e. The number of imidazole rings is 1. The molecule has 98 valence electrons. The van der Waals surface area contributed by atoms with Crippen LogP contribution in [0.1, 0.15) is 0 Å². The second kappa shape index (κ2) is 5.49. The molecule has 0 atom stereocenters. The van der Waals surface area contributed by atoms with Gasteiger partial charge in [0.05, 0.1) is 0 Å². The van der Waals surface area contributed by atoms with Crippen molar-refractivity contribution in [2.75, 3.05) is 0 Å². The van der Waals surface area contributed by atoms with E-state index in [1.807, 2.05) is 47.0 Å². The van der Waals surface area contributed by atoms with Gasteiger partial charge in [-0.15, -0.1) is 0 Å². The third-order valence-electron chi connectivity index (χ3n) is 2.78. The van der Waals surface area contributed by atoms with E-state index >= 15 is 0 Å². The van der Waals surface area contributed by atoms with Crippen LogP contribution in [-0.2, 0) is 0 Å². The number of nitriles is 1. The fraction of sp³-hybridized carbons (Fsp3) is 0. The van der Waals surface area contributed by atoms with Gasteiger partial charge >= 0.3 is 0 Å². The molecule has 2 heterocycles. The molecule has 3 aromatic rings. The van der Waals surface area contributed by atoms with Crippen LogP contribution in [0.5, 0.6) is 0 Å². The summed E-state index contributed by atoms with van der Waals surface area (Å²) < 4.78 is 2.83. The standard InChI is InChI=1S/C14H7BrClN3S/c15-10-4-5-12-18-13(9-2-1-3-11(16)6-9)14(20-8-17)19(12)7-10/h1-7H. The second-order valence-electron chi connectivity index (χ2n) is 4.04. The van der Waals surface area contributed by atoms with Gasteiger partial charge in [-0.25, -0.2) is 4.98 Å². The number of pyridine rings is 1. The molecule has 3 nitrogen and oxygen atoms in total. The maximum atomic E-state index is 9.03. The quantitative estimate of drug-likeness (QED) is 0.475. The van der Waals surface area contributed by atoms with Crippen molar-refractivity contribution in [2.24, 2.45) is 0 Å². The summed E-state index contributed by atoms with van der Waals surface area (Å²) in [5.41, 5.74) is 2.45. The number of halogens is 2. The SMILES string of the molecule is N#CSc1c(-c2cccc(Cl)c2)nc2ccc(Br)cn12. The van der Waals surface area contributed by atoms with Crippen LogP contribution >= 0.6 is 39.3 Å².